The Morgan fingerprint density at radius 3 is 2.50 bits per heavy atom. The molecule has 0 N–H and O–H groups in total. The molecule has 2 aromatic rings. The van der Waals surface area contributed by atoms with Gasteiger partial charge < -0.3 is 0 Å². The molecule has 0 heterocycles. The average molecular weight is 342 g/mol. The smallest absolute Gasteiger partial charge is 0.207 e. The van der Waals surface area contributed by atoms with Gasteiger partial charge in [-0.05, 0) is 43.2 Å². The average Bonchev–Trinajstić information content (AvgIpc) is 2.45. The van der Waals surface area contributed by atoms with Crippen molar-refractivity contribution in [1.29, 1.82) is 0 Å². The van der Waals surface area contributed by atoms with Crippen LogP contribution in [0.4, 0.5) is 4.39 Å². The Labute approximate surface area is 135 Å². The van der Waals surface area contributed by atoms with E-state index in [-0.39, 0.29) is 22.0 Å². The zero-order valence-corrected chi connectivity index (χ0v) is 14.2. The molecule has 118 valence electrons. The zero-order chi connectivity index (χ0) is 16.5. The molecule has 3 nitrogen and oxygen atoms in total. The molecule has 0 saturated heterocycles. The number of aryl methyl sites for hydroxylation is 2. The van der Waals surface area contributed by atoms with E-state index in [4.69, 9.17) is 11.6 Å². The Balaban J connectivity index is 2.40. The van der Waals surface area contributed by atoms with E-state index in [1.165, 1.54) is 19.2 Å². The van der Waals surface area contributed by atoms with Crippen molar-refractivity contribution in [3.8, 4) is 0 Å². The highest BCUT2D eigenvalue weighted by Gasteiger charge is 2.24. The van der Waals surface area contributed by atoms with E-state index in [9.17, 15) is 12.8 Å². The predicted molar refractivity (Wildman–Crippen MR) is 86.0 cm³/mol. The first-order chi connectivity index (χ1) is 10.2. The molecular formula is C16H17ClFNO2S. The van der Waals surface area contributed by atoms with Crippen molar-refractivity contribution in [3.63, 3.8) is 0 Å². The van der Waals surface area contributed by atoms with Crippen LogP contribution in [0.5, 0.6) is 0 Å². The van der Waals surface area contributed by atoms with E-state index in [2.05, 4.69) is 0 Å². The van der Waals surface area contributed by atoms with E-state index in [1.807, 2.05) is 13.0 Å². The lowest BCUT2D eigenvalue weighted by molar-refractivity contribution is 0.456. The van der Waals surface area contributed by atoms with Crippen LogP contribution < -0.4 is 0 Å². The van der Waals surface area contributed by atoms with Crippen LogP contribution >= 0.6 is 11.6 Å². The fraction of sp³-hybridized carbons (Fsp3) is 0.250. The molecule has 6 heteroatoms. The van der Waals surface area contributed by atoms with Crippen molar-refractivity contribution in [2.75, 3.05) is 7.05 Å². The van der Waals surface area contributed by atoms with Crippen LogP contribution in [-0.4, -0.2) is 19.8 Å². The lowest BCUT2D eigenvalue weighted by Crippen LogP contribution is -2.27. The minimum atomic E-state index is -3.72. The summed E-state index contributed by atoms with van der Waals surface area (Å²) in [6.07, 6.45) is 0. The second kappa shape index (κ2) is 6.36. The van der Waals surface area contributed by atoms with Crippen LogP contribution in [0.3, 0.4) is 0 Å². The van der Waals surface area contributed by atoms with Crippen molar-refractivity contribution >= 4 is 21.6 Å². The summed E-state index contributed by atoms with van der Waals surface area (Å²) in [6.45, 7) is 3.43. The highest BCUT2D eigenvalue weighted by molar-refractivity contribution is 7.89. The van der Waals surface area contributed by atoms with Crippen molar-refractivity contribution < 1.29 is 12.8 Å². The first-order valence-corrected chi connectivity index (χ1v) is 8.52. The highest BCUT2D eigenvalue weighted by Crippen LogP contribution is 2.25. The van der Waals surface area contributed by atoms with Crippen LogP contribution in [0.2, 0.25) is 5.02 Å². The van der Waals surface area contributed by atoms with Gasteiger partial charge in [0.25, 0.3) is 0 Å². The fourth-order valence-electron chi connectivity index (χ4n) is 2.14. The van der Waals surface area contributed by atoms with Crippen molar-refractivity contribution in [2.45, 2.75) is 25.3 Å². The molecule has 0 unspecified atom stereocenters. The Morgan fingerprint density at radius 1 is 1.18 bits per heavy atom. The normalized spacial score (nSPS) is 11.9. The molecule has 0 saturated carbocycles. The zero-order valence-electron chi connectivity index (χ0n) is 12.6. The topological polar surface area (TPSA) is 37.4 Å². The number of nitrogens with zero attached hydrogens (tertiary/aromatic N) is 1. The molecule has 2 aromatic carbocycles. The Morgan fingerprint density at radius 2 is 1.86 bits per heavy atom. The molecule has 0 radical (unpaired) electrons. The minimum Gasteiger partial charge on any atom is -0.207 e. The van der Waals surface area contributed by atoms with Crippen molar-refractivity contribution in [2.24, 2.45) is 0 Å². The van der Waals surface area contributed by atoms with Gasteiger partial charge in [-0.25, -0.2) is 12.8 Å². The molecule has 0 spiro atoms. The third-order valence-electron chi connectivity index (χ3n) is 3.47. The van der Waals surface area contributed by atoms with Gasteiger partial charge in [0.2, 0.25) is 10.0 Å². The maximum absolute atomic E-state index is 13.8. The summed E-state index contributed by atoms with van der Waals surface area (Å²) < 4.78 is 40.3. The third kappa shape index (κ3) is 3.32. The molecule has 0 aliphatic heterocycles. The Hall–Kier alpha value is -1.43. The van der Waals surface area contributed by atoms with E-state index in [1.54, 1.807) is 25.1 Å². The lowest BCUT2D eigenvalue weighted by atomic mass is 10.2. The maximum Gasteiger partial charge on any atom is 0.243 e. The highest BCUT2D eigenvalue weighted by atomic mass is 35.5. The number of hydrogen-bond acceptors (Lipinski definition) is 2. The molecule has 22 heavy (non-hydrogen) atoms. The minimum absolute atomic E-state index is 0.124. The molecule has 2 rings (SSSR count). The number of sulfonamides is 1. The molecule has 0 bridgehead atoms. The summed E-state index contributed by atoms with van der Waals surface area (Å²) in [5.74, 6) is -0.518. The SMILES string of the molecule is Cc1ccc(C)c(S(=O)(=O)N(C)Cc2c(F)cccc2Cl)c1. The maximum atomic E-state index is 13.8. The van der Waals surface area contributed by atoms with E-state index >= 15 is 0 Å². The summed E-state index contributed by atoms with van der Waals surface area (Å²) in [5, 5.41) is 0.211. The van der Waals surface area contributed by atoms with Gasteiger partial charge in [-0.2, -0.15) is 4.31 Å². The summed E-state index contributed by atoms with van der Waals surface area (Å²) in [5.41, 5.74) is 1.67. The van der Waals surface area contributed by atoms with Crippen LogP contribution in [-0.2, 0) is 16.6 Å². The summed E-state index contributed by atoms with van der Waals surface area (Å²) >= 11 is 5.96. The Kier molecular flexibility index (Phi) is 4.90. The van der Waals surface area contributed by atoms with E-state index < -0.39 is 15.8 Å². The fourth-order valence-corrected chi connectivity index (χ4v) is 3.81. The van der Waals surface area contributed by atoms with Crippen molar-refractivity contribution in [1.82, 2.24) is 4.31 Å². The summed E-state index contributed by atoms with van der Waals surface area (Å²) in [4.78, 5) is 0.225. The van der Waals surface area contributed by atoms with Gasteiger partial charge in [0.1, 0.15) is 5.82 Å². The quantitative estimate of drug-likeness (QED) is 0.845. The molecule has 0 amide bonds. The number of rotatable bonds is 4. The summed E-state index contributed by atoms with van der Waals surface area (Å²) in [7, 11) is -2.30. The lowest BCUT2D eigenvalue weighted by Gasteiger charge is -2.20. The van der Waals surface area contributed by atoms with Gasteiger partial charge in [0, 0.05) is 24.2 Å². The second-order valence-electron chi connectivity index (χ2n) is 5.23. The van der Waals surface area contributed by atoms with Gasteiger partial charge in [-0.15, -0.1) is 0 Å². The van der Waals surface area contributed by atoms with Gasteiger partial charge in [-0.3, -0.25) is 0 Å². The Bertz CT molecular complexity index is 786. The van der Waals surface area contributed by atoms with Gasteiger partial charge in [0.05, 0.1) is 4.90 Å². The molecule has 0 fully saturated rings. The third-order valence-corrected chi connectivity index (χ3v) is 5.77. The van der Waals surface area contributed by atoms with Crippen LogP contribution in [0.25, 0.3) is 0 Å². The molecule has 0 aliphatic rings. The molecule has 0 atom stereocenters. The van der Waals surface area contributed by atoms with Gasteiger partial charge in [0.15, 0.2) is 0 Å². The molecular weight excluding hydrogens is 325 g/mol. The number of halogens is 2. The first kappa shape index (κ1) is 16.9. The van der Waals surface area contributed by atoms with Crippen LogP contribution in [0, 0.1) is 19.7 Å². The largest absolute Gasteiger partial charge is 0.243 e. The van der Waals surface area contributed by atoms with Crippen molar-refractivity contribution in [3.05, 3.63) is 63.9 Å². The van der Waals surface area contributed by atoms with E-state index in [0.717, 1.165) is 9.87 Å². The van der Waals surface area contributed by atoms with Gasteiger partial charge >= 0.3 is 0 Å². The monoisotopic (exact) mass is 341 g/mol. The predicted octanol–water partition coefficient (Wildman–Crippen LogP) is 3.92. The van der Waals surface area contributed by atoms with Gasteiger partial charge in [-0.1, -0.05) is 29.8 Å². The standard InChI is InChI=1S/C16H17ClFNO2S/c1-11-7-8-12(2)16(9-11)22(20,21)19(3)10-13-14(17)5-4-6-15(13)18/h4-9H,10H2,1-3H3. The first-order valence-electron chi connectivity index (χ1n) is 6.70. The number of benzene rings is 2. The summed E-state index contributed by atoms with van der Waals surface area (Å²) in [6, 6.07) is 9.51. The van der Waals surface area contributed by atoms with Crippen LogP contribution in [0.1, 0.15) is 16.7 Å². The molecule has 0 aromatic heterocycles. The number of hydrogen-bond donors (Lipinski definition) is 0. The molecule has 0 aliphatic carbocycles. The second-order valence-corrected chi connectivity index (χ2v) is 7.65. The van der Waals surface area contributed by atoms with Crippen LogP contribution in [0.15, 0.2) is 41.3 Å². The van der Waals surface area contributed by atoms with E-state index in [0.29, 0.717) is 5.56 Å².